The van der Waals surface area contributed by atoms with Crippen LogP contribution in [-0.2, 0) is 17.9 Å². The van der Waals surface area contributed by atoms with Crippen LogP contribution in [0.25, 0.3) is 0 Å². The number of carbonyl (C=O) groups excluding carboxylic acids is 1. The largest absolute Gasteiger partial charge is 0.497 e. The van der Waals surface area contributed by atoms with Crippen LogP contribution in [0, 0.1) is 5.92 Å². The molecule has 1 unspecified atom stereocenters. The Labute approximate surface area is 173 Å². The zero-order chi connectivity index (χ0) is 20.5. The van der Waals surface area contributed by atoms with Gasteiger partial charge in [-0.3, -0.25) is 14.7 Å². The molecule has 1 fully saturated rings. The molecule has 1 aliphatic rings. The van der Waals surface area contributed by atoms with E-state index in [1.807, 2.05) is 36.5 Å². The van der Waals surface area contributed by atoms with Gasteiger partial charge in [-0.05, 0) is 56.0 Å². The molecule has 2 aromatic rings. The molecule has 1 aliphatic heterocycles. The Morgan fingerprint density at radius 2 is 2.14 bits per heavy atom. The Kier molecular flexibility index (Phi) is 7.87. The Bertz CT molecular complexity index is 782. The lowest BCUT2D eigenvalue weighted by molar-refractivity contribution is -0.121. The van der Waals surface area contributed by atoms with Gasteiger partial charge in [0.15, 0.2) is 0 Å². The first-order valence-corrected chi connectivity index (χ1v) is 10.3. The van der Waals surface area contributed by atoms with Crippen molar-refractivity contribution < 1.29 is 14.3 Å². The second-order valence-electron chi connectivity index (χ2n) is 7.56. The molecule has 0 bridgehead atoms. The van der Waals surface area contributed by atoms with Crippen LogP contribution < -0.4 is 14.8 Å². The zero-order valence-corrected chi connectivity index (χ0v) is 17.4. The fraction of sp³-hybridized carbons (Fsp3) is 0.478. The molecule has 0 saturated carbocycles. The van der Waals surface area contributed by atoms with Crippen LogP contribution in [-0.4, -0.2) is 43.1 Å². The van der Waals surface area contributed by atoms with Crippen molar-refractivity contribution in [1.29, 1.82) is 0 Å². The average molecular weight is 398 g/mol. The minimum absolute atomic E-state index is 0.0877. The van der Waals surface area contributed by atoms with Crippen molar-refractivity contribution in [2.75, 3.05) is 27.3 Å². The normalized spacial score (nSPS) is 17.0. The smallest absolute Gasteiger partial charge is 0.220 e. The number of likely N-dealkylation sites (tertiary alicyclic amines) is 1. The topological polar surface area (TPSA) is 63.7 Å². The van der Waals surface area contributed by atoms with Crippen LogP contribution in [0.4, 0.5) is 0 Å². The number of nitrogens with zero attached hydrogens (tertiary/aromatic N) is 2. The maximum atomic E-state index is 12.4. The van der Waals surface area contributed by atoms with E-state index in [0.717, 1.165) is 48.8 Å². The lowest BCUT2D eigenvalue weighted by atomic mass is 9.93. The minimum atomic E-state index is 0.0877. The van der Waals surface area contributed by atoms with Gasteiger partial charge in [-0.25, -0.2) is 0 Å². The summed E-state index contributed by atoms with van der Waals surface area (Å²) in [7, 11) is 3.25. The van der Waals surface area contributed by atoms with Gasteiger partial charge in [-0.1, -0.05) is 6.07 Å². The molecule has 0 radical (unpaired) electrons. The number of ether oxygens (including phenoxy) is 2. The summed E-state index contributed by atoms with van der Waals surface area (Å²) in [5.41, 5.74) is 2.06. The summed E-state index contributed by atoms with van der Waals surface area (Å²) in [5.74, 6) is 2.12. The lowest BCUT2D eigenvalue weighted by Crippen LogP contribution is -2.35. The van der Waals surface area contributed by atoms with Crippen molar-refractivity contribution in [3.63, 3.8) is 0 Å². The summed E-state index contributed by atoms with van der Waals surface area (Å²) >= 11 is 0. The van der Waals surface area contributed by atoms with Gasteiger partial charge in [0.05, 0.1) is 19.9 Å². The van der Waals surface area contributed by atoms with E-state index in [-0.39, 0.29) is 5.91 Å². The van der Waals surface area contributed by atoms with E-state index < -0.39 is 0 Å². The number of rotatable bonds is 9. The third-order valence-corrected chi connectivity index (χ3v) is 5.46. The minimum Gasteiger partial charge on any atom is -0.497 e. The summed E-state index contributed by atoms with van der Waals surface area (Å²) in [5, 5.41) is 3.02. The molecule has 6 heteroatoms. The molecule has 156 valence electrons. The van der Waals surface area contributed by atoms with Crippen LogP contribution in [0.3, 0.4) is 0 Å². The fourth-order valence-electron chi connectivity index (χ4n) is 3.87. The molecule has 1 amide bonds. The number of methoxy groups -OCH3 is 2. The highest BCUT2D eigenvalue weighted by atomic mass is 16.5. The van der Waals surface area contributed by atoms with Crippen LogP contribution in [0.1, 0.15) is 36.9 Å². The van der Waals surface area contributed by atoms with Gasteiger partial charge in [-0.15, -0.1) is 0 Å². The van der Waals surface area contributed by atoms with E-state index in [1.165, 1.54) is 12.8 Å². The molecule has 1 aromatic heterocycles. The summed E-state index contributed by atoms with van der Waals surface area (Å²) in [6.45, 7) is 3.50. The van der Waals surface area contributed by atoms with E-state index in [4.69, 9.17) is 9.47 Å². The first-order valence-electron chi connectivity index (χ1n) is 10.3. The first-order chi connectivity index (χ1) is 14.2. The average Bonchev–Trinajstić information content (AvgIpc) is 2.77. The van der Waals surface area contributed by atoms with Gasteiger partial charge in [-0.2, -0.15) is 0 Å². The third kappa shape index (κ3) is 6.46. The number of hydrogen-bond acceptors (Lipinski definition) is 5. The van der Waals surface area contributed by atoms with E-state index >= 15 is 0 Å². The summed E-state index contributed by atoms with van der Waals surface area (Å²) in [4.78, 5) is 19.2. The monoisotopic (exact) mass is 397 g/mol. The van der Waals surface area contributed by atoms with Gasteiger partial charge in [0.25, 0.3) is 0 Å². The summed E-state index contributed by atoms with van der Waals surface area (Å²) in [6, 6.07) is 11.7. The lowest BCUT2D eigenvalue weighted by Gasteiger charge is -2.32. The molecule has 29 heavy (non-hydrogen) atoms. The number of benzene rings is 1. The molecule has 0 spiro atoms. The predicted octanol–water partition coefficient (Wildman–Crippen LogP) is 3.41. The number of hydrogen-bond donors (Lipinski definition) is 1. The number of pyridine rings is 1. The first kappa shape index (κ1) is 21.1. The van der Waals surface area contributed by atoms with Crippen LogP contribution >= 0.6 is 0 Å². The molecule has 3 rings (SSSR count). The maximum Gasteiger partial charge on any atom is 0.220 e. The molecular formula is C23H31N3O3. The van der Waals surface area contributed by atoms with Crippen molar-refractivity contribution in [2.24, 2.45) is 5.92 Å². The Hall–Kier alpha value is -2.60. The SMILES string of the molecule is COc1ccc(CNC(=O)CCC2CCCN(Cc3ccccn3)C2)c(OC)c1. The van der Waals surface area contributed by atoms with Crippen molar-refractivity contribution in [3.8, 4) is 11.5 Å². The number of piperidine rings is 1. The van der Waals surface area contributed by atoms with Gasteiger partial charge in [0.1, 0.15) is 11.5 Å². The number of carbonyl (C=O) groups is 1. The highest BCUT2D eigenvalue weighted by molar-refractivity contribution is 5.75. The quantitative estimate of drug-likeness (QED) is 0.703. The van der Waals surface area contributed by atoms with Gasteiger partial charge in [0, 0.05) is 43.9 Å². The second kappa shape index (κ2) is 10.8. The van der Waals surface area contributed by atoms with Crippen LogP contribution in [0.15, 0.2) is 42.6 Å². The maximum absolute atomic E-state index is 12.4. The van der Waals surface area contributed by atoms with E-state index in [1.54, 1.807) is 14.2 Å². The standard InChI is InChI=1S/C23H31N3O3/c1-28-21-10-9-19(22(14-21)29-2)15-25-23(27)11-8-18-6-5-13-26(16-18)17-20-7-3-4-12-24-20/h3-4,7,9-10,12,14,18H,5-6,8,11,13,15-17H2,1-2H3,(H,25,27). The summed E-state index contributed by atoms with van der Waals surface area (Å²) < 4.78 is 10.6. The highest BCUT2D eigenvalue weighted by Crippen LogP contribution is 2.25. The molecule has 6 nitrogen and oxygen atoms in total. The van der Waals surface area contributed by atoms with Gasteiger partial charge < -0.3 is 14.8 Å². The van der Waals surface area contributed by atoms with Crippen molar-refractivity contribution in [2.45, 2.75) is 38.8 Å². The Morgan fingerprint density at radius 3 is 2.90 bits per heavy atom. The van der Waals surface area contributed by atoms with Crippen molar-refractivity contribution in [3.05, 3.63) is 53.9 Å². The van der Waals surface area contributed by atoms with E-state index in [0.29, 0.717) is 18.9 Å². The molecule has 0 aliphatic carbocycles. The molecule has 1 N–H and O–H groups in total. The van der Waals surface area contributed by atoms with Crippen LogP contribution in [0.2, 0.25) is 0 Å². The van der Waals surface area contributed by atoms with E-state index in [2.05, 4.69) is 21.3 Å². The number of aromatic nitrogens is 1. The van der Waals surface area contributed by atoms with Crippen molar-refractivity contribution >= 4 is 5.91 Å². The number of nitrogens with one attached hydrogen (secondary N) is 1. The Morgan fingerprint density at radius 1 is 1.24 bits per heavy atom. The number of amides is 1. The molecule has 2 heterocycles. The summed E-state index contributed by atoms with van der Waals surface area (Å²) in [6.07, 6.45) is 5.70. The predicted molar refractivity (Wildman–Crippen MR) is 113 cm³/mol. The third-order valence-electron chi connectivity index (χ3n) is 5.46. The fourth-order valence-corrected chi connectivity index (χ4v) is 3.87. The van der Waals surface area contributed by atoms with Crippen molar-refractivity contribution in [1.82, 2.24) is 15.2 Å². The molecular weight excluding hydrogens is 366 g/mol. The van der Waals surface area contributed by atoms with Gasteiger partial charge in [0.2, 0.25) is 5.91 Å². The zero-order valence-electron chi connectivity index (χ0n) is 17.4. The highest BCUT2D eigenvalue weighted by Gasteiger charge is 2.21. The second-order valence-corrected chi connectivity index (χ2v) is 7.56. The molecule has 1 aromatic carbocycles. The Balaban J connectivity index is 1.42. The molecule has 1 atom stereocenters. The van der Waals surface area contributed by atoms with Crippen LogP contribution in [0.5, 0.6) is 11.5 Å². The van der Waals surface area contributed by atoms with E-state index in [9.17, 15) is 4.79 Å². The molecule has 1 saturated heterocycles. The van der Waals surface area contributed by atoms with Gasteiger partial charge >= 0.3 is 0 Å².